The van der Waals surface area contributed by atoms with Crippen molar-refractivity contribution >= 4 is 39.9 Å². The van der Waals surface area contributed by atoms with E-state index in [0.717, 1.165) is 4.47 Å². The summed E-state index contributed by atoms with van der Waals surface area (Å²) in [7, 11) is 1.89. The second-order valence-corrected chi connectivity index (χ2v) is 4.23. The molecule has 1 unspecified atom stereocenters. The van der Waals surface area contributed by atoms with Crippen LogP contribution in [0.25, 0.3) is 0 Å². The molecule has 0 aliphatic carbocycles. The molecule has 0 aliphatic heterocycles. The van der Waals surface area contributed by atoms with Crippen LogP contribution in [0.3, 0.4) is 0 Å². The van der Waals surface area contributed by atoms with Crippen LogP contribution in [0, 0.1) is 0 Å². The third-order valence-corrected chi connectivity index (χ3v) is 3.60. The van der Waals surface area contributed by atoms with Crippen molar-refractivity contribution in [2.45, 2.75) is 5.37 Å². The van der Waals surface area contributed by atoms with Gasteiger partial charge in [-0.2, -0.15) is 12.6 Å². The highest BCUT2D eigenvalue weighted by Gasteiger charge is 2.04. The Hall–Kier alpha value is 0.490. The van der Waals surface area contributed by atoms with Crippen LogP contribution in [-0.2, 0) is 0 Å². The first-order valence-electron chi connectivity index (χ1n) is 2.83. The maximum absolute atomic E-state index is 4.31. The summed E-state index contributed by atoms with van der Waals surface area (Å²) in [5.74, 6) is 0. The molecule has 0 fully saturated rings. The van der Waals surface area contributed by atoms with Crippen LogP contribution < -0.4 is 5.32 Å². The highest BCUT2D eigenvalue weighted by molar-refractivity contribution is 9.10. The Morgan fingerprint density at radius 3 is 2.90 bits per heavy atom. The number of nitrogens with one attached hydrogen (secondary N) is 1. The van der Waals surface area contributed by atoms with Crippen molar-refractivity contribution in [2.75, 3.05) is 7.05 Å². The lowest BCUT2D eigenvalue weighted by atomic mass is 10.5. The summed E-state index contributed by atoms with van der Waals surface area (Å²) < 4.78 is 1.13. The van der Waals surface area contributed by atoms with E-state index in [-0.39, 0.29) is 5.37 Å². The third kappa shape index (κ3) is 1.99. The molecule has 10 heavy (non-hydrogen) atoms. The number of hydrogen-bond acceptors (Lipinski definition) is 3. The van der Waals surface area contributed by atoms with Crippen molar-refractivity contribution in [1.29, 1.82) is 0 Å². The van der Waals surface area contributed by atoms with Gasteiger partial charge in [0.05, 0.1) is 5.37 Å². The van der Waals surface area contributed by atoms with E-state index in [1.54, 1.807) is 11.3 Å². The van der Waals surface area contributed by atoms with Crippen LogP contribution in [0.1, 0.15) is 10.3 Å². The summed E-state index contributed by atoms with van der Waals surface area (Å²) in [6, 6.07) is 2.07. The van der Waals surface area contributed by atoms with Gasteiger partial charge in [-0.25, -0.2) is 0 Å². The highest BCUT2D eigenvalue weighted by Crippen LogP contribution is 2.26. The molecule has 0 saturated carbocycles. The monoisotopic (exact) mass is 237 g/mol. The van der Waals surface area contributed by atoms with Crippen LogP contribution in [-0.4, -0.2) is 7.05 Å². The Bertz CT molecular complexity index is 211. The Balaban J connectivity index is 2.74. The standard InChI is InChI=1S/C6H8BrNS2/c1-8-6(9)5-2-4(7)3-10-5/h2-3,6,8-9H,1H3. The van der Waals surface area contributed by atoms with Crippen molar-refractivity contribution in [3.8, 4) is 0 Å². The number of rotatable bonds is 2. The molecule has 0 bridgehead atoms. The molecule has 4 heteroatoms. The topological polar surface area (TPSA) is 12.0 Å². The molecule has 0 saturated heterocycles. The maximum Gasteiger partial charge on any atom is 0.0851 e. The summed E-state index contributed by atoms with van der Waals surface area (Å²) in [5.41, 5.74) is 0. The van der Waals surface area contributed by atoms with Gasteiger partial charge in [0, 0.05) is 14.7 Å². The van der Waals surface area contributed by atoms with Crippen molar-refractivity contribution < 1.29 is 0 Å². The van der Waals surface area contributed by atoms with Crippen LogP contribution >= 0.6 is 39.9 Å². The smallest absolute Gasteiger partial charge is 0.0851 e. The second kappa shape index (κ2) is 3.76. The lowest BCUT2D eigenvalue weighted by molar-refractivity contribution is 0.814. The quantitative estimate of drug-likeness (QED) is 0.596. The number of hydrogen-bond donors (Lipinski definition) is 2. The maximum atomic E-state index is 4.31. The molecule has 1 atom stereocenters. The molecule has 0 aliphatic rings. The van der Waals surface area contributed by atoms with Crippen LogP contribution in [0.2, 0.25) is 0 Å². The van der Waals surface area contributed by atoms with Gasteiger partial charge in [-0.05, 0) is 29.0 Å². The normalized spacial score (nSPS) is 13.5. The van der Waals surface area contributed by atoms with E-state index in [4.69, 9.17) is 0 Å². The summed E-state index contributed by atoms with van der Waals surface area (Å²) >= 11 is 9.39. The van der Waals surface area contributed by atoms with E-state index in [1.165, 1.54) is 4.88 Å². The zero-order valence-corrected chi connectivity index (χ0v) is 8.76. The summed E-state index contributed by atoms with van der Waals surface area (Å²) in [5, 5.41) is 5.26. The summed E-state index contributed by atoms with van der Waals surface area (Å²) in [6.45, 7) is 0. The lowest BCUT2D eigenvalue weighted by Gasteiger charge is -2.04. The average molecular weight is 238 g/mol. The predicted molar refractivity (Wildman–Crippen MR) is 52.8 cm³/mol. The van der Waals surface area contributed by atoms with Crippen molar-refractivity contribution in [3.63, 3.8) is 0 Å². The molecule has 0 aromatic carbocycles. The molecule has 56 valence electrons. The highest BCUT2D eigenvalue weighted by atomic mass is 79.9. The van der Waals surface area contributed by atoms with E-state index in [2.05, 4.69) is 45.3 Å². The first kappa shape index (κ1) is 8.59. The van der Waals surface area contributed by atoms with Gasteiger partial charge >= 0.3 is 0 Å². The number of thiophene rings is 1. The molecule has 0 spiro atoms. The van der Waals surface area contributed by atoms with Crippen LogP contribution in [0.5, 0.6) is 0 Å². The Morgan fingerprint density at radius 1 is 1.80 bits per heavy atom. The first-order valence-corrected chi connectivity index (χ1v) is 5.02. The van der Waals surface area contributed by atoms with E-state index in [0.29, 0.717) is 0 Å². The van der Waals surface area contributed by atoms with E-state index in [9.17, 15) is 0 Å². The minimum absolute atomic E-state index is 0.163. The fourth-order valence-electron chi connectivity index (χ4n) is 0.614. The molecule has 1 aromatic rings. The fourth-order valence-corrected chi connectivity index (χ4v) is 2.31. The van der Waals surface area contributed by atoms with Gasteiger partial charge in [0.2, 0.25) is 0 Å². The van der Waals surface area contributed by atoms with Gasteiger partial charge in [0.25, 0.3) is 0 Å². The average Bonchev–Trinajstić information content (AvgIpc) is 2.34. The molecule has 1 aromatic heterocycles. The van der Waals surface area contributed by atoms with Crippen molar-refractivity contribution in [3.05, 3.63) is 20.8 Å². The zero-order valence-electron chi connectivity index (χ0n) is 5.47. The lowest BCUT2D eigenvalue weighted by Crippen LogP contribution is -2.07. The van der Waals surface area contributed by atoms with Gasteiger partial charge in [-0.1, -0.05) is 0 Å². The van der Waals surface area contributed by atoms with Gasteiger partial charge in [0.15, 0.2) is 0 Å². The van der Waals surface area contributed by atoms with Crippen LogP contribution in [0.4, 0.5) is 0 Å². The Kier molecular flexibility index (Phi) is 3.23. The summed E-state index contributed by atoms with van der Waals surface area (Å²) in [6.07, 6.45) is 0. The largest absolute Gasteiger partial charge is 0.304 e. The molecule has 0 amide bonds. The number of thiol groups is 1. The van der Waals surface area contributed by atoms with E-state index >= 15 is 0 Å². The minimum atomic E-state index is 0.163. The second-order valence-electron chi connectivity index (χ2n) is 1.86. The summed E-state index contributed by atoms with van der Waals surface area (Å²) in [4.78, 5) is 1.23. The third-order valence-electron chi connectivity index (χ3n) is 1.13. The van der Waals surface area contributed by atoms with Gasteiger partial charge in [0.1, 0.15) is 0 Å². The van der Waals surface area contributed by atoms with Gasteiger partial charge < -0.3 is 5.32 Å². The zero-order chi connectivity index (χ0) is 7.56. The van der Waals surface area contributed by atoms with Gasteiger partial charge in [-0.3, -0.25) is 0 Å². The van der Waals surface area contributed by atoms with Crippen molar-refractivity contribution in [1.82, 2.24) is 5.32 Å². The SMILES string of the molecule is CNC(S)c1cc(Br)cs1. The van der Waals surface area contributed by atoms with Gasteiger partial charge in [-0.15, -0.1) is 11.3 Å². The Morgan fingerprint density at radius 2 is 2.50 bits per heavy atom. The molecule has 1 rings (SSSR count). The molecule has 1 N–H and O–H groups in total. The molecule has 1 heterocycles. The Labute approximate surface area is 78.4 Å². The molecular formula is C6H8BrNS2. The van der Waals surface area contributed by atoms with Crippen LogP contribution in [0.15, 0.2) is 15.9 Å². The predicted octanol–water partition coefficient (Wildman–Crippen LogP) is 2.66. The molecule has 1 nitrogen and oxygen atoms in total. The molecule has 0 radical (unpaired) electrons. The van der Waals surface area contributed by atoms with Crippen molar-refractivity contribution in [2.24, 2.45) is 0 Å². The minimum Gasteiger partial charge on any atom is -0.304 e. The van der Waals surface area contributed by atoms with E-state index in [1.807, 2.05) is 7.05 Å². The number of halogens is 1. The van der Waals surface area contributed by atoms with E-state index < -0.39 is 0 Å². The molecular weight excluding hydrogens is 230 g/mol. The first-order chi connectivity index (χ1) is 4.74. The fraction of sp³-hybridized carbons (Fsp3) is 0.333.